The molecule has 1 aromatic rings. The maximum Gasteiger partial charge on any atom is 0.312 e. The summed E-state index contributed by atoms with van der Waals surface area (Å²) in [7, 11) is 0. The standard InChI is InChI=1S/C12H15NO3S/c13-5-11(12(14)15)8-1-3-9(4-2-8)17-10-6-16-7-10/h1-4,10-11H,5-7,13H2,(H,14,15). The zero-order valence-electron chi connectivity index (χ0n) is 9.33. The number of hydrogen-bond acceptors (Lipinski definition) is 4. The molecule has 0 aliphatic carbocycles. The van der Waals surface area contributed by atoms with E-state index >= 15 is 0 Å². The highest BCUT2D eigenvalue weighted by Crippen LogP contribution is 2.29. The van der Waals surface area contributed by atoms with E-state index in [1.165, 1.54) is 0 Å². The molecule has 17 heavy (non-hydrogen) atoms. The van der Waals surface area contributed by atoms with Crippen molar-refractivity contribution in [2.45, 2.75) is 16.1 Å². The van der Waals surface area contributed by atoms with Crippen molar-refractivity contribution < 1.29 is 14.6 Å². The number of rotatable bonds is 5. The molecule has 3 N–H and O–H groups in total. The first-order chi connectivity index (χ1) is 8.20. The molecule has 1 unspecified atom stereocenters. The van der Waals surface area contributed by atoms with Gasteiger partial charge in [-0.05, 0) is 17.7 Å². The smallest absolute Gasteiger partial charge is 0.312 e. The molecule has 1 aromatic carbocycles. The molecular formula is C12H15NO3S. The van der Waals surface area contributed by atoms with Gasteiger partial charge in [-0.15, -0.1) is 11.8 Å². The van der Waals surface area contributed by atoms with Gasteiger partial charge in [0, 0.05) is 11.4 Å². The van der Waals surface area contributed by atoms with Crippen LogP contribution in [0.2, 0.25) is 0 Å². The first-order valence-electron chi connectivity index (χ1n) is 5.48. The number of carbonyl (C=O) groups is 1. The Morgan fingerprint density at radius 3 is 2.53 bits per heavy atom. The highest BCUT2D eigenvalue weighted by molar-refractivity contribution is 8.00. The molecule has 2 rings (SSSR count). The Balaban J connectivity index is 2.03. The quantitative estimate of drug-likeness (QED) is 0.827. The minimum Gasteiger partial charge on any atom is -0.481 e. The summed E-state index contributed by atoms with van der Waals surface area (Å²) < 4.78 is 5.10. The van der Waals surface area contributed by atoms with E-state index in [9.17, 15) is 4.79 Å². The second-order valence-corrected chi connectivity index (χ2v) is 5.35. The van der Waals surface area contributed by atoms with Gasteiger partial charge in [0.1, 0.15) is 0 Å². The summed E-state index contributed by atoms with van der Waals surface area (Å²) >= 11 is 1.76. The van der Waals surface area contributed by atoms with Crippen molar-refractivity contribution in [3.8, 4) is 0 Å². The first kappa shape index (κ1) is 12.4. The summed E-state index contributed by atoms with van der Waals surface area (Å²) in [4.78, 5) is 12.1. The molecule has 0 spiro atoms. The van der Waals surface area contributed by atoms with Gasteiger partial charge in [0.05, 0.1) is 24.4 Å². The number of carboxylic acid groups (broad SMARTS) is 1. The summed E-state index contributed by atoms with van der Waals surface area (Å²) in [5.41, 5.74) is 6.21. The first-order valence-corrected chi connectivity index (χ1v) is 6.36. The van der Waals surface area contributed by atoms with Crippen molar-refractivity contribution in [2.24, 2.45) is 5.73 Å². The molecule has 1 aliphatic rings. The van der Waals surface area contributed by atoms with Crippen LogP contribution in [0.1, 0.15) is 11.5 Å². The monoisotopic (exact) mass is 253 g/mol. The van der Waals surface area contributed by atoms with Crippen LogP contribution in [0, 0.1) is 0 Å². The second kappa shape index (κ2) is 5.53. The summed E-state index contributed by atoms with van der Waals surface area (Å²) in [6.45, 7) is 1.72. The van der Waals surface area contributed by atoms with Crippen LogP contribution in [-0.2, 0) is 9.53 Å². The second-order valence-electron chi connectivity index (χ2n) is 3.97. The maximum absolute atomic E-state index is 10.9. The van der Waals surface area contributed by atoms with E-state index < -0.39 is 11.9 Å². The predicted molar refractivity (Wildman–Crippen MR) is 66.3 cm³/mol. The third kappa shape index (κ3) is 3.00. The Hall–Kier alpha value is -1.04. The number of ether oxygens (including phenoxy) is 1. The van der Waals surface area contributed by atoms with Crippen molar-refractivity contribution in [1.29, 1.82) is 0 Å². The Morgan fingerprint density at radius 1 is 1.47 bits per heavy atom. The van der Waals surface area contributed by atoms with Crippen molar-refractivity contribution in [3.63, 3.8) is 0 Å². The van der Waals surface area contributed by atoms with Crippen LogP contribution in [0.5, 0.6) is 0 Å². The summed E-state index contributed by atoms with van der Waals surface area (Å²) in [5.74, 6) is -1.48. The highest BCUT2D eigenvalue weighted by atomic mass is 32.2. The van der Waals surface area contributed by atoms with Gasteiger partial charge in [0.15, 0.2) is 0 Å². The minimum atomic E-state index is -0.875. The lowest BCUT2D eigenvalue weighted by Gasteiger charge is -2.25. The van der Waals surface area contributed by atoms with Crippen molar-refractivity contribution in [2.75, 3.05) is 19.8 Å². The summed E-state index contributed by atoms with van der Waals surface area (Å²) in [6.07, 6.45) is 0. The number of thioether (sulfide) groups is 1. The fourth-order valence-corrected chi connectivity index (χ4v) is 2.64. The molecular weight excluding hydrogens is 238 g/mol. The van der Waals surface area contributed by atoms with Gasteiger partial charge in [-0.2, -0.15) is 0 Å². The van der Waals surface area contributed by atoms with Gasteiger partial charge >= 0.3 is 5.97 Å². The molecule has 1 atom stereocenters. The Bertz CT molecular complexity index is 389. The number of aliphatic carboxylic acids is 1. The van der Waals surface area contributed by atoms with Crippen LogP contribution < -0.4 is 5.73 Å². The van der Waals surface area contributed by atoms with Gasteiger partial charge in [0.2, 0.25) is 0 Å². The molecule has 1 fully saturated rings. The largest absolute Gasteiger partial charge is 0.481 e. The van der Waals surface area contributed by atoms with Crippen LogP contribution in [-0.4, -0.2) is 36.1 Å². The van der Waals surface area contributed by atoms with Gasteiger partial charge < -0.3 is 15.6 Å². The van der Waals surface area contributed by atoms with Crippen LogP contribution in [0.4, 0.5) is 0 Å². The zero-order valence-corrected chi connectivity index (χ0v) is 10.2. The normalized spacial score (nSPS) is 17.5. The minimum absolute atomic E-state index is 0.123. The highest BCUT2D eigenvalue weighted by Gasteiger charge is 2.20. The lowest BCUT2D eigenvalue weighted by atomic mass is 10.00. The molecule has 5 heteroatoms. The maximum atomic E-state index is 10.9. The molecule has 1 heterocycles. The number of nitrogens with two attached hydrogens (primary N) is 1. The van der Waals surface area contributed by atoms with Crippen molar-refractivity contribution >= 4 is 17.7 Å². The lowest BCUT2D eigenvalue weighted by Crippen LogP contribution is -2.30. The zero-order chi connectivity index (χ0) is 12.3. The van der Waals surface area contributed by atoms with E-state index in [0.717, 1.165) is 23.7 Å². The lowest BCUT2D eigenvalue weighted by molar-refractivity contribution is -0.138. The van der Waals surface area contributed by atoms with E-state index in [1.807, 2.05) is 24.3 Å². The molecule has 0 radical (unpaired) electrons. The van der Waals surface area contributed by atoms with Gasteiger partial charge in [-0.3, -0.25) is 4.79 Å². The van der Waals surface area contributed by atoms with Gasteiger partial charge in [-0.1, -0.05) is 12.1 Å². The van der Waals surface area contributed by atoms with E-state index in [1.54, 1.807) is 11.8 Å². The number of hydrogen-bond donors (Lipinski definition) is 2. The van der Waals surface area contributed by atoms with E-state index in [-0.39, 0.29) is 6.54 Å². The Kier molecular flexibility index (Phi) is 4.04. The van der Waals surface area contributed by atoms with Crippen LogP contribution in [0.3, 0.4) is 0 Å². The van der Waals surface area contributed by atoms with E-state index in [2.05, 4.69) is 0 Å². The predicted octanol–water partition coefficient (Wildman–Crippen LogP) is 1.30. The molecule has 4 nitrogen and oxygen atoms in total. The van der Waals surface area contributed by atoms with Gasteiger partial charge in [0.25, 0.3) is 0 Å². The van der Waals surface area contributed by atoms with Gasteiger partial charge in [-0.25, -0.2) is 0 Å². The topological polar surface area (TPSA) is 72.6 Å². The average molecular weight is 253 g/mol. The Morgan fingerprint density at radius 2 is 2.12 bits per heavy atom. The third-order valence-corrected chi connectivity index (χ3v) is 3.88. The number of carboxylic acids is 1. The van der Waals surface area contributed by atoms with Crippen LogP contribution in [0.25, 0.3) is 0 Å². The molecule has 0 amide bonds. The molecule has 1 saturated heterocycles. The fourth-order valence-electron chi connectivity index (χ4n) is 1.63. The van der Waals surface area contributed by atoms with Crippen LogP contribution >= 0.6 is 11.8 Å². The Labute approximate surface area is 104 Å². The van der Waals surface area contributed by atoms with Crippen molar-refractivity contribution in [1.82, 2.24) is 0 Å². The fraction of sp³-hybridized carbons (Fsp3) is 0.417. The number of benzene rings is 1. The van der Waals surface area contributed by atoms with E-state index in [0.29, 0.717) is 5.25 Å². The van der Waals surface area contributed by atoms with E-state index in [4.69, 9.17) is 15.6 Å². The summed E-state index contributed by atoms with van der Waals surface area (Å²) in [6, 6.07) is 7.58. The third-order valence-electron chi connectivity index (χ3n) is 2.73. The SMILES string of the molecule is NCC(C(=O)O)c1ccc(SC2COC2)cc1. The molecule has 1 aliphatic heterocycles. The molecule has 0 aromatic heterocycles. The van der Waals surface area contributed by atoms with Crippen molar-refractivity contribution in [3.05, 3.63) is 29.8 Å². The average Bonchev–Trinajstić information content (AvgIpc) is 2.26. The molecule has 0 saturated carbocycles. The molecule has 0 bridgehead atoms. The van der Waals surface area contributed by atoms with Crippen LogP contribution in [0.15, 0.2) is 29.2 Å². The molecule has 92 valence electrons. The summed E-state index contributed by atoms with van der Waals surface area (Å²) in [5, 5.41) is 9.52.